The van der Waals surface area contributed by atoms with Gasteiger partial charge in [0.25, 0.3) is 6.47 Å². The predicted molar refractivity (Wildman–Crippen MR) is 126 cm³/mol. The van der Waals surface area contributed by atoms with Gasteiger partial charge in [-0.25, -0.2) is 0 Å². The molecular weight excluding hydrogens is 368 g/mol. The first-order valence-corrected chi connectivity index (χ1v) is 12.7. The Kier molecular flexibility index (Phi) is 8.43. The minimum atomic E-state index is -0.0694. The molecule has 2 nitrogen and oxygen atoms in total. The molecule has 0 saturated heterocycles. The van der Waals surface area contributed by atoms with Crippen molar-refractivity contribution in [1.29, 1.82) is 0 Å². The molecule has 2 heteroatoms. The van der Waals surface area contributed by atoms with Crippen LogP contribution in [0.25, 0.3) is 0 Å². The van der Waals surface area contributed by atoms with Crippen molar-refractivity contribution in [3.63, 3.8) is 0 Å². The highest BCUT2D eigenvalue weighted by Crippen LogP contribution is 2.49. The summed E-state index contributed by atoms with van der Waals surface area (Å²) in [6, 6.07) is 4.92. The van der Waals surface area contributed by atoms with E-state index in [0.717, 1.165) is 24.7 Å². The molecule has 30 heavy (non-hydrogen) atoms. The number of carbonyl (C=O) groups is 1. The van der Waals surface area contributed by atoms with Crippen molar-refractivity contribution in [1.82, 2.24) is 0 Å². The topological polar surface area (TPSA) is 26.3 Å². The number of ether oxygens (including phenoxy) is 1. The third kappa shape index (κ3) is 7.43. The van der Waals surface area contributed by atoms with Gasteiger partial charge in [-0.3, -0.25) is 4.79 Å². The van der Waals surface area contributed by atoms with E-state index in [1.165, 1.54) is 94.6 Å². The molecule has 0 aromatic heterocycles. The summed E-state index contributed by atoms with van der Waals surface area (Å²) in [5.41, 5.74) is 6.73. The number of hydrogen-bond donors (Lipinski definition) is 0. The molecule has 0 bridgehead atoms. The van der Waals surface area contributed by atoms with E-state index < -0.39 is 0 Å². The molecule has 2 aliphatic rings. The number of carbonyl (C=O) groups excluding carboxylic acids is 1. The van der Waals surface area contributed by atoms with Gasteiger partial charge in [0.15, 0.2) is 0 Å². The van der Waals surface area contributed by atoms with Crippen LogP contribution in [0, 0.1) is 19.3 Å². The van der Waals surface area contributed by atoms with Gasteiger partial charge < -0.3 is 4.74 Å². The Morgan fingerprint density at radius 1 is 0.767 bits per heavy atom. The molecule has 0 radical (unpaired) electrons. The van der Waals surface area contributed by atoms with Crippen LogP contribution in [-0.4, -0.2) is 12.1 Å². The van der Waals surface area contributed by atoms with Gasteiger partial charge in [0, 0.05) is 0 Å². The van der Waals surface area contributed by atoms with Gasteiger partial charge in [0.05, 0.1) is 0 Å². The van der Waals surface area contributed by atoms with Gasteiger partial charge in [-0.2, -0.15) is 0 Å². The Labute approximate surface area is 185 Å². The molecule has 1 aromatic rings. The Morgan fingerprint density at radius 2 is 1.30 bits per heavy atom. The first kappa shape index (κ1) is 23.4. The summed E-state index contributed by atoms with van der Waals surface area (Å²) in [7, 11) is 0. The zero-order chi connectivity index (χ0) is 21.5. The van der Waals surface area contributed by atoms with E-state index in [1.54, 1.807) is 11.1 Å². The first-order chi connectivity index (χ1) is 14.5. The lowest BCUT2D eigenvalue weighted by Crippen LogP contribution is -2.12. The molecule has 0 N–H and O–H groups in total. The van der Waals surface area contributed by atoms with Crippen LogP contribution in [0.15, 0.2) is 12.1 Å². The van der Waals surface area contributed by atoms with Crippen molar-refractivity contribution >= 4 is 6.47 Å². The van der Waals surface area contributed by atoms with Crippen LogP contribution in [0.1, 0.15) is 119 Å². The summed E-state index contributed by atoms with van der Waals surface area (Å²) in [6.07, 6.45) is 20.6. The average molecular weight is 413 g/mol. The van der Waals surface area contributed by atoms with E-state index in [-0.39, 0.29) is 5.60 Å². The summed E-state index contributed by atoms with van der Waals surface area (Å²) in [5.74, 6) is 0. The Morgan fingerprint density at radius 3 is 1.80 bits per heavy atom. The molecule has 2 saturated carbocycles. The second kappa shape index (κ2) is 10.8. The molecule has 0 aliphatic heterocycles. The van der Waals surface area contributed by atoms with Crippen LogP contribution in [0.5, 0.6) is 0 Å². The van der Waals surface area contributed by atoms with Gasteiger partial charge in [-0.1, -0.05) is 51.2 Å². The molecule has 0 spiro atoms. The lowest BCUT2D eigenvalue weighted by atomic mass is 9.93. The van der Waals surface area contributed by atoms with Crippen LogP contribution in [0.2, 0.25) is 0 Å². The Balaban J connectivity index is 1.31. The van der Waals surface area contributed by atoms with Crippen LogP contribution in [0.3, 0.4) is 0 Å². The number of benzene rings is 1. The first-order valence-electron chi connectivity index (χ1n) is 12.7. The van der Waals surface area contributed by atoms with Crippen molar-refractivity contribution in [2.24, 2.45) is 5.41 Å². The van der Waals surface area contributed by atoms with Crippen LogP contribution in [-0.2, 0) is 22.4 Å². The van der Waals surface area contributed by atoms with E-state index >= 15 is 0 Å². The van der Waals surface area contributed by atoms with Crippen molar-refractivity contribution in [3.05, 3.63) is 34.4 Å². The monoisotopic (exact) mass is 412 g/mol. The lowest BCUT2D eigenvalue weighted by molar-refractivity contribution is -0.135. The van der Waals surface area contributed by atoms with Crippen molar-refractivity contribution in [3.8, 4) is 0 Å². The zero-order valence-electron chi connectivity index (χ0n) is 19.9. The van der Waals surface area contributed by atoms with E-state index in [0.29, 0.717) is 6.47 Å². The van der Waals surface area contributed by atoms with Crippen molar-refractivity contribution in [2.45, 2.75) is 129 Å². The summed E-state index contributed by atoms with van der Waals surface area (Å²) in [5, 5.41) is 0. The summed E-state index contributed by atoms with van der Waals surface area (Å²) in [6.45, 7) is 7.66. The number of hydrogen-bond acceptors (Lipinski definition) is 2. The molecule has 0 unspecified atom stereocenters. The average Bonchev–Trinajstić information content (AvgIpc) is 3.63. The quantitative estimate of drug-likeness (QED) is 0.204. The minimum absolute atomic E-state index is 0.0694. The molecule has 2 fully saturated rings. The molecule has 3 rings (SSSR count). The van der Waals surface area contributed by atoms with E-state index in [9.17, 15) is 4.79 Å². The normalized spacial score (nSPS) is 18.2. The highest BCUT2D eigenvalue weighted by molar-refractivity contribution is 5.39. The second-order valence-electron chi connectivity index (χ2n) is 10.7. The molecule has 1 aromatic carbocycles. The smallest absolute Gasteiger partial charge is 0.293 e. The maximum absolute atomic E-state index is 10.6. The number of rotatable bonds is 16. The molecule has 2 aliphatic carbocycles. The predicted octanol–water partition coefficient (Wildman–Crippen LogP) is 7.80. The third-order valence-corrected chi connectivity index (χ3v) is 7.81. The fourth-order valence-corrected chi connectivity index (χ4v) is 4.96. The maximum Gasteiger partial charge on any atom is 0.293 e. The standard InChI is InChI=1S/C28H44O2/c1-23-20-24(2)26(13-9-5-7-11-15-28(18-19-28)30-22-29)21-25(23)12-8-4-6-10-14-27(3)16-17-27/h20-22H,4-19H2,1-3H3. The lowest BCUT2D eigenvalue weighted by Gasteiger charge is -2.14. The summed E-state index contributed by atoms with van der Waals surface area (Å²) in [4.78, 5) is 10.6. The SMILES string of the molecule is Cc1cc(C)c(CCCCCCC2(OC=O)CC2)cc1CCCCCCC1(C)CC1. The van der Waals surface area contributed by atoms with Gasteiger partial charge in [-0.15, -0.1) is 0 Å². The highest BCUT2D eigenvalue weighted by atomic mass is 16.5. The molecule has 0 amide bonds. The fourth-order valence-electron chi connectivity index (χ4n) is 4.96. The van der Waals surface area contributed by atoms with Crippen LogP contribution in [0.4, 0.5) is 0 Å². The number of unbranched alkanes of at least 4 members (excludes halogenated alkanes) is 6. The van der Waals surface area contributed by atoms with Crippen LogP contribution < -0.4 is 0 Å². The van der Waals surface area contributed by atoms with Crippen molar-refractivity contribution in [2.75, 3.05) is 0 Å². The zero-order valence-corrected chi connectivity index (χ0v) is 19.9. The summed E-state index contributed by atoms with van der Waals surface area (Å²) < 4.78 is 5.25. The highest BCUT2D eigenvalue weighted by Gasteiger charge is 2.44. The minimum Gasteiger partial charge on any atom is -0.461 e. The largest absolute Gasteiger partial charge is 0.461 e. The third-order valence-electron chi connectivity index (χ3n) is 7.81. The van der Waals surface area contributed by atoms with Gasteiger partial charge in [0.2, 0.25) is 0 Å². The molecular formula is C28H44O2. The van der Waals surface area contributed by atoms with Gasteiger partial charge in [-0.05, 0) is 112 Å². The van der Waals surface area contributed by atoms with E-state index in [1.807, 2.05) is 0 Å². The Bertz CT molecular complexity index is 682. The van der Waals surface area contributed by atoms with E-state index in [2.05, 4.69) is 32.9 Å². The molecule has 0 atom stereocenters. The number of aryl methyl sites for hydroxylation is 4. The Hall–Kier alpha value is -1.31. The fraction of sp³-hybridized carbons (Fsp3) is 0.750. The van der Waals surface area contributed by atoms with E-state index in [4.69, 9.17) is 4.74 Å². The second-order valence-corrected chi connectivity index (χ2v) is 10.7. The van der Waals surface area contributed by atoms with Gasteiger partial charge in [0.1, 0.15) is 5.60 Å². The van der Waals surface area contributed by atoms with Gasteiger partial charge >= 0.3 is 0 Å². The summed E-state index contributed by atoms with van der Waals surface area (Å²) >= 11 is 0. The van der Waals surface area contributed by atoms with Crippen molar-refractivity contribution < 1.29 is 9.53 Å². The molecule has 0 heterocycles. The maximum atomic E-state index is 10.6. The molecule has 168 valence electrons. The van der Waals surface area contributed by atoms with Crippen LogP contribution >= 0.6 is 0 Å².